The summed E-state index contributed by atoms with van der Waals surface area (Å²) in [4.78, 5) is 17.8. The van der Waals surface area contributed by atoms with Gasteiger partial charge in [0.05, 0.1) is 0 Å². The van der Waals surface area contributed by atoms with Crippen molar-refractivity contribution in [1.82, 2.24) is 55.8 Å². The molecule has 0 aliphatic heterocycles. The van der Waals surface area contributed by atoms with Crippen LogP contribution in [0.5, 0.6) is 0 Å². The SMILES string of the molecule is Cc1ccc(-c2c(C)cc(C)c(-c3cn4ccnc4n3C)[n+]2C)c(C)c1.Cc1ccc(C)c(-c2c(C)cc(C)c(-c3cn4ccnc4n3C)[n+]2C)c1.Cc1ccccc1-c1c(C)cc(C)c(-c2cn3ccnc3n2C)[n+]1C.[2H]C([2H])([2H])c1ccc(C)c(-c2c(C([2H])([2H])[2H])cc(C)c(-c3cn4ccnc4n3C)[n+]2C)c1. The lowest BCUT2D eigenvalue weighted by Crippen LogP contribution is -2.36. The second kappa shape index (κ2) is 27.4. The van der Waals surface area contributed by atoms with E-state index in [1.54, 1.807) is 30.5 Å². The summed E-state index contributed by atoms with van der Waals surface area (Å²) in [7, 11) is 16.5. The van der Waals surface area contributed by atoms with Crippen molar-refractivity contribution in [2.75, 3.05) is 0 Å². The molecule has 0 aliphatic rings. The van der Waals surface area contributed by atoms with Gasteiger partial charge in [0.15, 0.2) is 0 Å². The maximum absolute atomic E-state index is 8.17. The van der Waals surface area contributed by atoms with Gasteiger partial charge in [0.25, 0.3) is 0 Å². The van der Waals surface area contributed by atoms with Crippen LogP contribution < -0.4 is 18.3 Å². The Morgan fingerprint density at radius 2 is 0.563 bits per heavy atom. The first-order valence-corrected chi connectivity index (χ1v) is 34.9. The van der Waals surface area contributed by atoms with Crippen LogP contribution in [0.25, 0.3) is 114 Å². The van der Waals surface area contributed by atoms with E-state index in [0.29, 0.717) is 11.3 Å². The van der Waals surface area contributed by atoms with Crippen LogP contribution in [0.1, 0.15) is 91.7 Å². The average Bonchev–Trinajstić information content (AvgIpc) is 1.74. The number of hydrogen-bond acceptors (Lipinski definition) is 4. The number of rotatable bonds is 8. The standard InChI is InChI=1S/3C22H25N4.C21H23N4/c1-14-7-8-18(15(2)11-14)20-16(3)12-17(4)21(25(20)6)19-13-26-10-9-23-22(26)24(19)5;2*1-14-7-8-15(2)18(11-14)20-16(3)12-17(4)21(25(20)6)19-13-26-10-9-23-22(26)24(19)5;1-14-8-6-7-9-17(14)19-15(2)12-16(3)20(24(19)5)18-13-25-11-10-22-21(25)23(18)4/h3*7-13H,1-6H3;6-13H,1-5H3/q4*+1/i;1D3,3D3;;. The molecule has 522 valence electrons. The molecule has 16 aromatic rings. The number of hydrogen-bond donors (Lipinski definition) is 0. The molecule has 0 fully saturated rings. The van der Waals surface area contributed by atoms with E-state index in [1.807, 2.05) is 91.1 Å². The largest absolute Gasteiger partial charge is 0.308 e. The van der Waals surface area contributed by atoms with Crippen LogP contribution in [0.4, 0.5) is 0 Å². The summed E-state index contributed by atoms with van der Waals surface area (Å²) in [6, 6.07) is 35.4. The third-order valence-corrected chi connectivity index (χ3v) is 20.6. The first-order valence-electron chi connectivity index (χ1n) is 37.9. The number of aromatic nitrogens is 16. The molecule has 0 radical (unpaired) electrons. The molecule has 103 heavy (non-hydrogen) atoms. The summed E-state index contributed by atoms with van der Waals surface area (Å²) < 4.78 is 73.4. The Labute approximate surface area is 614 Å². The quantitative estimate of drug-likeness (QED) is 0.141. The van der Waals surface area contributed by atoms with Crippen LogP contribution in [0.2, 0.25) is 0 Å². The molecule has 0 atom stereocenters. The summed E-state index contributed by atoms with van der Waals surface area (Å²) in [5, 5.41) is 0. The van der Waals surface area contributed by atoms with E-state index in [1.165, 1.54) is 123 Å². The first kappa shape index (κ1) is 62.5. The fourth-order valence-corrected chi connectivity index (χ4v) is 15.9. The predicted octanol–water partition coefficient (Wildman–Crippen LogP) is 16.0. The number of nitrogens with zero attached hydrogens (tertiary/aromatic N) is 16. The van der Waals surface area contributed by atoms with E-state index in [2.05, 4.69) is 276 Å². The molecule has 16 heteroatoms. The van der Waals surface area contributed by atoms with Crippen molar-refractivity contribution in [2.24, 2.45) is 56.4 Å². The maximum Gasteiger partial charge on any atom is 0.233 e. The van der Waals surface area contributed by atoms with E-state index < -0.39 is 13.7 Å². The van der Waals surface area contributed by atoms with Gasteiger partial charge in [-0.15, -0.1) is 0 Å². The van der Waals surface area contributed by atoms with Crippen LogP contribution in [0.3, 0.4) is 0 Å². The third kappa shape index (κ3) is 12.5. The molecule has 12 heterocycles. The van der Waals surface area contributed by atoms with Gasteiger partial charge in [-0.05, 0) is 174 Å². The Kier molecular flexibility index (Phi) is 16.6. The second-order valence-corrected chi connectivity index (χ2v) is 28.1. The van der Waals surface area contributed by atoms with E-state index in [0.717, 1.165) is 51.3 Å². The summed E-state index contributed by atoms with van der Waals surface area (Å²) in [6.45, 7) is 23.1. The minimum Gasteiger partial charge on any atom is -0.308 e. The highest BCUT2D eigenvalue weighted by atomic mass is 15.2. The lowest BCUT2D eigenvalue weighted by Gasteiger charge is -2.13. The highest BCUT2D eigenvalue weighted by Gasteiger charge is 2.31. The Balaban J connectivity index is 0.000000128. The fraction of sp³-hybridized carbons (Fsp3) is 0.264. The molecular formula is C87H98N16+4. The first-order chi connectivity index (χ1) is 51.5. The minimum atomic E-state index is -2.37. The van der Waals surface area contributed by atoms with Crippen LogP contribution in [0.15, 0.2) is 177 Å². The number of benzene rings is 4. The Morgan fingerprint density at radius 1 is 0.272 bits per heavy atom. The zero-order valence-electron chi connectivity index (χ0n) is 69.4. The van der Waals surface area contributed by atoms with Gasteiger partial charge >= 0.3 is 0 Å². The molecular weight excluding hydrogens is 1270 g/mol. The maximum atomic E-state index is 8.17. The molecule has 0 aliphatic carbocycles. The van der Waals surface area contributed by atoms with Gasteiger partial charge in [0, 0.05) is 178 Å². The molecule has 16 nitrogen and oxygen atoms in total. The third-order valence-electron chi connectivity index (χ3n) is 20.6. The van der Waals surface area contributed by atoms with E-state index in [4.69, 9.17) is 8.22 Å². The van der Waals surface area contributed by atoms with E-state index in [-0.39, 0.29) is 11.1 Å². The summed E-state index contributed by atoms with van der Waals surface area (Å²) >= 11 is 0. The second-order valence-electron chi connectivity index (χ2n) is 28.1. The fourth-order valence-electron chi connectivity index (χ4n) is 15.9. The minimum absolute atomic E-state index is 0.175. The van der Waals surface area contributed by atoms with E-state index >= 15 is 0 Å². The van der Waals surface area contributed by atoms with Crippen LogP contribution in [0, 0.1) is 104 Å². The molecule has 0 saturated heterocycles. The highest BCUT2D eigenvalue weighted by molar-refractivity contribution is 5.73. The van der Waals surface area contributed by atoms with Crippen molar-refractivity contribution in [3.63, 3.8) is 0 Å². The Morgan fingerprint density at radius 3 is 0.913 bits per heavy atom. The van der Waals surface area contributed by atoms with E-state index in [9.17, 15) is 0 Å². The number of pyridine rings is 4. The van der Waals surface area contributed by atoms with Crippen LogP contribution >= 0.6 is 0 Å². The smallest absolute Gasteiger partial charge is 0.233 e. The van der Waals surface area contributed by atoms with Crippen molar-refractivity contribution in [2.45, 2.75) is 104 Å². The molecule has 0 unspecified atom stereocenters. The van der Waals surface area contributed by atoms with Gasteiger partial charge in [-0.1, -0.05) is 71.3 Å². The topological polar surface area (TPSA) is 104 Å². The Bertz CT molecular complexity index is 6250. The van der Waals surface area contributed by atoms with Crippen molar-refractivity contribution in [3.8, 4) is 90.6 Å². The molecule has 0 amide bonds. The lowest BCUT2D eigenvalue weighted by molar-refractivity contribution is -0.650. The molecule has 12 aromatic heterocycles. The van der Waals surface area contributed by atoms with Gasteiger partial charge in [0.2, 0.25) is 68.7 Å². The van der Waals surface area contributed by atoms with Gasteiger partial charge < -0.3 is 18.3 Å². The van der Waals surface area contributed by atoms with Gasteiger partial charge in [-0.3, -0.25) is 17.6 Å². The molecule has 0 bridgehead atoms. The summed E-state index contributed by atoms with van der Waals surface area (Å²) in [6.07, 6.45) is 23.5. The monoisotopic (exact) mass is 1370 g/mol. The Hall–Kier alpha value is -11.5. The number of fused-ring (bicyclic) bond motifs is 4. The van der Waals surface area contributed by atoms with Crippen LogP contribution in [-0.4, -0.2) is 55.8 Å². The molecule has 0 saturated carbocycles. The lowest BCUT2D eigenvalue weighted by atomic mass is 9.97. The average molecular weight is 1370 g/mol. The summed E-state index contributed by atoms with van der Waals surface area (Å²) in [5.41, 5.74) is 33.7. The highest BCUT2D eigenvalue weighted by Crippen LogP contribution is 2.35. The van der Waals surface area contributed by atoms with Gasteiger partial charge in [-0.25, -0.2) is 19.9 Å². The predicted molar refractivity (Wildman–Crippen MR) is 416 cm³/mol. The number of aryl methyl sites for hydroxylation is 19. The molecule has 0 N–H and O–H groups in total. The zero-order valence-corrected chi connectivity index (χ0v) is 63.4. The van der Waals surface area contributed by atoms with Crippen molar-refractivity contribution in [3.05, 3.63) is 261 Å². The van der Waals surface area contributed by atoms with Gasteiger partial charge in [0.1, 0.15) is 51.0 Å². The molecule has 4 aromatic carbocycles. The number of imidazole rings is 8. The normalized spacial score (nSPS) is 12.6. The van der Waals surface area contributed by atoms with Crippen molar-refractivity contribution in [1.29, 1.82) is 0 Å². The molecule has 0 spiro atoms. The van der Waals surface area contributed by atoms with Gasteiger partial charge in [-0.2, -0.15) is 18.3 Å². The van der Waals surface area contributed by atoms with Crippen molar-refractivity contribution >= 4 is 23.1 Å². The zero-order chi connectivity index (χ0) is 78.5. The molecule has 16 rings (SSSR count). The van der Waals surface area contributed by atoms with Crippen LogP contribution in [-0.2, 0) is 56.4 Å². The van der Waals surface area contributed by atoms with Crippen molar-refractivity contribution < 1.29 is 26.5 Å². The summed E-state index contributed by atoms with van der Waals surface area (Å²) in [5.74, 6) is 3.62.